The van der Waals surface area contributed by atoms with Crippen LogP contribution in [0.2, 0.25) is 0 Å². The first-order valence-electron chi connectivity index (χ1n) is 13.0. The molecule has 0 fully saturated rings. The van der Waals surface area contributed by atoms with E-state index in [0.717, 1.165) is 25.0 Å². The smallest absolute Gasteiger partial charge is 0.335 e. The lowest BCUT2D eigenvalue weighted by Gasteiger charge is -2.21. The molecule has 0 aliphatic rings. The van der Waals surface area contributed by atoms with Crippen LogP contribution in [-0.2, 0) is 46.8 Å². The van der Waals surface area contributed by atoms with E-state index in [1.165, 1.54) is 62.8 Å². The van der Waals surface area contributed by atoms with Crippen LogP contribution in [0.1, 0.15) is 5.89 Å². The van der Waals surface area contributed by atoms with Crippen LogP contribution >= 0.6 is 0 Å². The van der Waals surface area contributed by atoms with Crippen molar-refractivity contribution in [2.75, 3.05) is 39.2 Å². The molecule has 0 spiro atoms. The summed E-state index contributed by atoms with van der Waals surface area (Å²) in [6.45, 7) is -0.482. The van der Waals surface area contributed by atoms with E-state index in [0.29, 0.717) is 5.56 Å². The van der Waals surface area contributed by atoms with Crippen molar-refractivity contribution in [2.45, 2.75) is 11.8 Å². The van der Waals surface area contributed by atoms with Crippen LogP contribution < -0.4 is 26.8 Å². The largest absolute Gasteiger partial charge is 0.496 e. The molecule has 1 aromatic heterocycles. The first-order valence-corrected chi connectivity index (χ1v) is 20.4. The average molecular weight is 749 g/mol. The Morgan fingerprint density at radius 3 is 1.75 bits per heavy atom. The molecule has 0 aliphatic heterocycles. The Hall–Kier alpha value is -4.60. The zero-order valence-electron chi connectivity index (χ0n) is 26.0. The number of benzene rings is 3. The second kappa shape index (κ2) is 13.5. The average Bonchev–Trinajstić information content (AvgIpc) is 3.44. The normalized spacial score (nSPS) is 12.3. The number of methoxy groups -OCH3 is 2. The summed E-state index contributed by atoms with van der Waals surface area (Å²) in [5.74, 6) is -1.14. The number of ether oxygens (including phenoxy) is 3. The van der Waals surface area contributed by atoms with E-state index >= 15 is 0 Å². The maximum atomic E-state index is 12.5. The Kier molecular flexibility index (Phi) is 10.2. The molecule has 0 N–H and O–H groups in total. The Bertz CT molecular complexity index is 2280. The Morgan fingerprint density at radius 1 is 0.625 bits per heavy atom. The molecule has 21 heteroatoms. The van der Waals surface area contributed by atoms with Crippen molar-refractivity contribution in [3.8, 4) is 56.8 Å². The topological polar surface area (TPSA) is 231 Å². The van der Waals surface area contributed by atoms with Gasteiger partial charge in [0.2, 0.25) is 9.84 Å². The molecule has 1 heterocycles. The van der Waals surface area contributed by atoms with Gasteiger partial charge in [-0.3, -0.25) is 0 Å². The molecule has 0 unspecified atom stereocenters. The minimum absolute atomic E-state index is 0.000140. The predicted molar refractivity (Wildman–Crippen MR) is 169 cm³/mol. The van der Waals surface area contributed by atoms with Crippen molar-refractivity contribution in [1.29, 1.82) is 0 Å². The fraction of sp³-hybridized carbons (Fsp3) is 0.259. The van der Waals surface area contributed by atoms with Gasteiger partial charge in [-0.1, -0.05) is 23.3 Å². The molecule has 0 saturated carbocycles. The number of hydrogen-bond donors (Lipinski definition) is 0. The van der Waals surface area contributed by atoms with Crippen molar-refractivity contribution in [3.63, 3.8) is 0 Å². The second-order valence-corrected chi connectivity index (χ2v) is 16.6. The first kappa shape index (κ1) is 36.2. The van der Waals surface area contributed by atoms with Crippen LogP contribution in [0, 0.1) is 0 Å². The highest BCUT2D eigenvalue weighted by Gasteiger charge is 2.28. The minimum Gasteiger partial charge on any atom is -0.496 e. The van der Waals surface area contributed by atoms with Crippen molar-refractivity contribution >= 4 is 40.2 Å². The Balaban J connectivity index is 1.88. The molecule has 3 aromatic carbocycles. The lowest BCUT2D eigenvalue weighted by atomic mass is 9.96. The lowest BCUT2D eigenvalue weighted by molar-refractivity contribution is 0.245. The van der Waals surface area contributed by atoms with Crippen LogP contribution in [0.15, 0.2) is 58.2 Å². The van der Waals surface area contributed by atoms with Gasteiger partial charge in [-0.15, -0.1) is 5.10 Å². The highest BCUT2D eigenvalue weighted by atomic mass is 32.2. The summed E-state index contributed by atoms with van der Waals surface area (Å²) >= 11 is 0. The van der Waals surface area contributed by atoms with Crippen molar-refractivity contribution < 1.29 is 64.8 Å². The molecule has 0 radical (unpaired) electrons. The lowest BCUT2D eigenvalue weighted by Crippen LogP contribution is -2.10. The molecule has 4 rings (SSSR count). The molecule has 0 bridgehead atoms. The van der Waals surface area contributed by atoms with Crippen molar-refractivity contribution in [3.05, 3.63) is 54.4 Å². The summed E-state index contributed by atoms with van der Waals surface area (Å²) in [5, 5.41) is 6.37. The second-order valence-electron chi connectivity index (χ2n) is 9.93. The van der Waals surface area contributed by atoms with Crippen LogP contribution in [-0.4, -0.2) is 83.1 Å². The summed E-state index contributed by atoms with van der Waals surface area (Å²) in [6, 6.07) is 11.1. The summed E-state index contributed by atoms with van der Waals surface area (Å²) in [7, 11) is -13.4. The van der Waals surface area contributed by atoms with Gasteiger partial charge in [0.15, 0.2) is 29.6 Å². The number of sulfone groups is 1. The third kappa shape index (κ3) is 9.27. The summed E-state index contributed by atoms with van der Waals surface area (Å²) in [6.07, 6.45) is 3.33. The van der Waals surface area contributed by atoms with E-state index in [2.05, 4.69) is 10.2 Å². The standard InChI is InChI=1S/C27H28N2O15S4/c1-38-22-14-19(16-7-10-18(11-8-16)42-46(4,32)33)25(39-2)26(44-48(6,36)37)24(22)17-9-12-20(21(13-17)43-47(5,34)35)40-15-23-28-29-27(41-23)45(3,30)31/h7-14H,15H2,1-6H3. The Labute approximate surface area is 276 Å². The van der Waals surface area contributed by atoms with E-state index in [1.807, 2.05) is 0 Å². The van der Waals surface area contributed by atoms with Gasteiger partial charge in [0.05, 0.1) is 38.6 Å². The molecular weight excluding hydrogens is 721 g/mol. The van der Waals surface area contributed by atoms with Gasteiger partial charge < -0.3 is 31.2 Å². The highest BCUT2D eigenvalue weighted by molar-refractivity contribution is 7.90. The van der Waals surface area contributed by atoms with Gasteiger partial charge >= 0.3 is 35.6 Å². The van der Waals surface area contributed by atoms with Gasteiger partial charge in [-0.05, 0) is 41.5 Å². The van der Waals surface area contributed by atoms with Crippen LogP contribution in [0.3, 0.4) is 0 Å². The molecule has 0 atom stereocenters. The van der Waals surface area contributed by atoms with Crippen LogP contribution in [0.5, 0.6) is 34.5 Å². The van der Waals surface area contributed by atoms with Gasteiger partial charge in [0, 0.05) is 11.8 Å². The van der Waals surface area contributed by atoms with E-state index in [1.54, 1.807) is 0 Å². The first-order chi connectivity index (χ1) is 22.2. The molecule has 260 valence electrons. The number of rotatable bonds is 14. The Morgan fingerprint density at radius 2 is 1.23 bits per heavy atom. The van der Waals surface area contributed by atoms with E-state index in [9.17, 15) is 33.7 Å². The van der Waals surface area contributed by atoms with E-state index in [-0.39, 0.29) is 57.1 Å². The monoisotopic (exact) mass is 748 g/mol. The summed E-state index contributed by atoms with van der Waals surface area (Å²) in [5.41, 5.74) is 0.805. The molecule has 0 amide bonds. The molecular formula is C27H28N2O15S4. The molecule has 4 aromatic rings. The zero-order valence-corrected chi connectivity index (χ0v) is 29.2. The molecule has 0 aliphatic carbocycles. The summed E-state index contributed by atoms with van der Waals surface area (Å²) in [4.78, 5) is 0. The van der Waals surface area contributed by atoms with Crippen molar-refractivity contribution in [2.24, 2.45) is 0 Å². The molecule has 17 nitrogen and oxygen atoms in total. The van der Waals surface area contributed by atoms with Gasteiger partial charge in [-0.2, -0.15) is 25.3 Å². The summed E-state index contributed by atoms with van der Waals surface area (Å²) < 4.78 is 133. The highest BCUT2D eigenvalue weighted by Crippen LogP contribution is 2.52. The molecule has 0 saturated heterocycles. The minimum atomic E-state index is -4.23. The number of nitrogens with zero attached hydrogens (tertiary/aromatic N) is 2. The number of hydrogen-bond acceptors (Lipinski definition) is 17. The number of aromatic nitrogens is 2. The van der Waals surface area contributed by atoms with Gasteiger partial charge in [-0.25, -0.2) is 8.42 Å². The third-order valence-corrected chi connectivity index (χ3v) is 8.11. The van der Waals surface area contributed by atoms with Crippen LogP contribution in [0.25, 0.3) is 22.3 Å². The predicted octanol–water partition coefficient (Wildman–Crippen LogP) is 2.42. The zero-order chi connectivity index (χ0) is 35.7. The quantitative estimate of drug-likeness (QED) is 0.169. The SMILES string of the molecule is COc1cc(-c2ccc(OS(C)(=O)=O)cc2)c(OC)c(OS(C)(=O)=O)c1-c1ccc(OCc2nnc(S(C)(=O)=O)o2)c(OS(C)(=O)=O)c1. The maximum Gasteiger partial charge on any atom is 0.335 e. The fourth-order valence-corrected chi connectivity index (χ4v) is 5.98. The van der Waals surface area contributed by atoms with Gasteiger partial charge in [0.1, 0.15) is 11.5 Å². The maximum absolute atomic E-state index is 12.5. The molecule has 48 heavy (non-hydrogen) atoms. The fourth-order valence-electron chi connectivity index (χ4n) is 4.16. The van der Waals surface area contributed by atoms with Gasteiger partial charge in [0.25, 0.3) is 5.89 Å². The van der Waals surface area contributed by atoms with Crippen LogP contribution in [0.4, 0.5) is 0 Å². The van der Waals surface area contributed by atoms with E-state index in [4.69, 9.17) is 31.2 Å². The third-order valence-electron chi connectivity index (χ3n) is 5.86. The van der Waals surface area contributed by atoms with E-state index < -0.39 is 52.0 Å². The van der Waals surface area contributed by atoms with Crippen molar-refractivity contribution in [1.82, 2.24) is 10.2 Å².